The molecule has 0 saturated heterocycles. The fraction of sp³-hybridized carbons (Fsp3) is 0.381. The van der Waals surface area contributed by atoms with Crippen molar-refractivity contribution in [3.63, 3.8) is 0 Å². The summed E-state index contributed by atoms with van der Waals surface area (Å²) in [4.78, 5) is 38.3. The molecule has 31 heavy (non-hydrogen) atoms. The minimum atomic E-state index is -3.46. The fourth-order valence-corrected chi connectivity index (χ4v) is 5.66. The van der Waals surface area contributed by atoms with Gasteiger partial charge in [0.05, 0.1) is 23.3 Å². The number of sulfone groups is 1. The van der Waals surface area contributed by atoms with Gasteiger partial charge in [0.2, 0.25) is 0 Å². The van der Waals surface area contributed by atoms with Crippen molar-refractivity contribution >= 4 is 44.1 Å². The van der Waals surface area contributed by atoms with Gasteiger partial charge in [-0.15, -0.1) is 11.3 Å². The molecule has 0 fully saturated rings. The first-order chi connectivity index (χ1) is 14.8. The van der Waals surface area contributed by atoms with E-state index < -0.39 is 27.7 Å². The lowest BCUT2D eigenvalue weighted by atomic mass is 10.0. The number of rotatable bonds is 5. The van der Waals surface area contributed by atoms with Gasteiger partial charge >= 0.3 is 6.09 Å². The van der Waals surface area contributed by atoms with Gasteiger partial charge in [0, 0.05) is 10.4 Å². The third-order valence-electron chi connectivity index (χ3n) is 5.11. The molecule has 1 aromatic heterocycles. The number of carbonyl (C=O) groups is 3. The Hall–Kier alpha value is -2.72. The zero-order valence-corrected chi connectivity index (χ0v) is 19.0. The molecule has 0 aliphatic heterocycles. The van der Waals surface area contributed by atoms with Crippen LogP contribution in [0, 0.1) is 0 Å². The van der Waals surface area contributed by atoms with Gasteiger partial charge in [-0.2, -0.15) is 0 Å². The van der Waals surface area contributed by atoms with Crippen LogP contribution in [0.25, 0.3) is 0 Å². The van der Waals surface area contributed by atoms with Gasteiger partial charge in [0.1, 0.15) is 5.00 Å². The molecule has 8 nitrogen and oxygen atoms in total. The Morgan fingerprint density at radius 1 is 1.10 bits per heavy atom. The topological polar surface area (TPSA) is 119 Å². The molecule has 1 heterocycles. The number of hydrogen-bond donors (Lipinski definition) is 2. The van der Waals surface area contributed by atoms with Crippen molar-refractivity contribution in [3.8, 4) is 0 Å². The Balaban J connectivity index is 1.96. The Kier molecular flexibility index (Phi) is 7.11. The van der Waals surface area contributed by atoms with Gasteiger partial charge in [-0.1, -0.05) is 19.4 Å². The molecule has 2 N–H and O–H groups in total. The largest absolute Gasteiger partial charge is 0.453 e. The van der Waals surface area contributed by atoms with Crippen LogP contribution >= 0.6 is 11.3 Å². The number of imide groups is 1. The second kappa shape index (κ2) is 9.61. The number of fused-ring (bicyclic) bond motifs is 1. The molecule has 1 aliphatic carbocycles. The highest BCUT2D eigenvalue weighted by molar-refractivity contribution is 7.91. The Morgan fingerprint density at radius 3 is 2.55 bits per heavy atom. The number of anilines is 1. The third-order valence-corrected chi connectivity index (χ3v) is 8.05. The van der Waals surface area contributed by atoms with E-state index in [4.69, 9.17) is 0 Å². The molecule has 2 aromatic rings. The average Bonchev–Trinajstić information content (AvgIpc) is 2.93. The van der Waals surface area contributed by atoms with E-state index in [1.165, 1.54) is 42.5 Å². The van der Waals surface area contributed by atoms with E-state index in [9.17, 15) is 22.8 Å². The van der Waals surface area contributed by atoms with Crippen LogP contribution < -0.4 is 10.6 Å². The summed E-state index contributed by atoms with van der Waals surface area (Å²) < 4.78 is 28.8. The van der Waals surface area contributed by atoms with Crippen LogP contribution in [0.3, 0.4) is 0 Å². The average molecular weight is 465 g/mol. The minimum absolute atomic E-state index is 0.0632. The summed E-state index contributed by atoms with van der Waals surface area (Å²) in [5.41, 5.74) is 1.26. The number of nitrogens with one attached hydrogen (secondary N) is 2. The second-order valence-corrected chi connectivity index (χ2v) is 10.5. The predicted molar refractivity (Wildman–Crippen MR) is 118 cm³/mol. The van der Waals surface area contributed by atoms with E-state index >= 15 is 0 Å². The molecule has 0 radical (unpaired) electrons. The van der Waals surface area contributed by atoms with E-state index in [0.29, 0.717) is 11.4 Å². The highest BCUT2D eigenvalue weighted by atomic mass is 32.2. The number of hydrogen-bond acceptors (Lipinski definition) is 7. The molecule has 166 valence electrons. The molecule has 0 atom stereocenters. The van der Waals surface area contributed by atoms with E-state index in [1.54, 1.807) is 0 Å². The van der Waals surface area contributed by atoms with Crippen molar-refractivity contribution in [1.82, 2.24) is 5.32 Å². The quantitative estimate of drug-likeness (QED) is 0.653. The molecule has 3 amide bonds. The van der Waals surface area contributed by atoms with Crippen LogP contribution in [-0.4, -0.2) is 39.2 Å². The number of methoxy groups -OCH3 is 1. The SMILES string of the molecule is CCS(=O)(=O)c1cccc(C(=O)Nc2sc3c(c2C(=O)NC(=O)OC)CCCCC3)c1. The fourth-order valence-electron chi connectivity index (χ4n) is 3.45. The van der Waals surface area contributed by atoms with Crippen molar-refractivity contribution in [1.29, 1.82) is 0 Å². The molecule has 0 saturated carbocycles. The molecule has 10 heteroatoms. The summed E-state index contributed by atoms with van der Waals surface area (Å²) in [7, 11) is -2.30. The molecule has 1 aliphatic rings. The molecule has 0 bridgehead atoms. The number of carbonyl (C=O) groups excluding carboxylic acids is 3. The van der Waals surface area contributed by atoms with Crippen molar-refractivity contribution in [3.05, 3.63) is 45.8 Å². The molecular weight excluding hydrogens is 440 g/mol. The Labute approximate surface area is 184 Å². The van der Waals surface area contributed by atoms with Crippen LogP contribution in [0.2, 0.25) is 0 Å². The summed E-state index contributed by atoms with van der Waals surface area (Å²) in [5, 5.41) is 5.25. The van der Waals surface area contributed by atoms with Gasteiger partial charge < -0.3 is 10.1 Å². The third kappa shape index (κ3) is 5.13. The number of thiophene rings is 1. The maximum atomic E-state index is 12.9. The summed E-state index contributed by atoms with van der Waals surface area (Å²) in [6, 6.07) is 5.78. The number of aryl methyl sites for hydroxylation is 1. The second-order valence-electron chi connectivity index (χ2n) is 7.10. The highest BCUT2D eigenvalue weighted by Crippen LogP contribution is 2.37. The minimum Gasteiger partial charge on any atom is -0.453 e. The standard InChI is InChI=1S/C21H24N2O6S2/c1-3-31(27,28)14-9-7-8-13(12-14)18(24)22-20-17(19(25)23-21(26)29-2)15-10-5-4-6-11-16(15)30-20/h7-9,12H,3-6,10-11H2,1-2H3,(H,22,24)(H,23,25,26). The predicted octanol–water partition coefficient (Wildman–Crippen LogP) is 3.56. The Bertz CT molecular complexity index is 1120. The van der Waals surface area contributed by atoms with E-state index in [1.807, 2.05) is 0 Å². The first-order valence-electron chi connectivity index (χ1n) is 9.94. The first-order valence-corrected chi connectivity index (χ1v) is 12.4. The maximum Gasteiger partial charge on any atom is 0.413 e. The van der Waals surface area contributed by atoms with Crippen molar-refractivity contribution < 1.29 is 27.5 Å². The monoisotopic (exact) mass is 464 g/mol. The normalized spacial score (nSPS) is 13.6. The molecular formula is C21H24N2O6S2. The van der Waals surface area contributed by atoms with Gasteiger partial charge in [0.25, 0.3) is 11.8 Å². The summed E-state index contributed by atoms with van der Waals surface area (Å²) in [5.74, 6) is -1.24. The van der Waals surface area contributed by atoms with Gasteiger partial charge in [-0.25, -0.2) is 13.2 Å². The van der Waals surface area contributed by atoms with Gasteiger partial charge in [-0.3, -0.25) is 14.9 Å². The number of alkyl carbamates (subject to hydrolysis) is 1. The van der Waals surface area contributed by atoms with E-state index in [0.717, 1.165) is 43.2 Å². The zero-order chi connectivity index (χ0) is 22.6. The summed E-state index contributed by atoms with van der Waals surface area (Å²) in [6.45, 7) is 1.53. The van der Waals surface area contributed by atoms with Crippen LogP contribution in [-0.2, 0) is 27.4 Å². The van der Waals surface area contributed by atoms with Gasteiger partial charge in [-0.05, 0) is 49.4 Å². The summed E-state index contributed by atoms with van der Waals surface area (Å²) >= 11 is 1.31. The molecule has 0 unspecified atom stereocenters. The molecule has 3 rings (SSSR count). The van der Waals surface area contributed by atoms with Crippen molar-refractivity contribution in [2.24, 2.45) is 0 Å². The zero-order valence-electron chi connectivity index (χ0n) is 17.3. The highest BCUT2D eigenvalue weighted by Gasteiger charge is 2.27. The first kappa shape index (κ1) is 23.0. The molecule has 0 spiro atoms. The number of ether oxygens (including phenoxy) is 1. The van der Waals surface area contributed by atoms with Crippen molar-refractivity contribution in [2.45, 2.75) is 43.9 Å². The lowest BCUT2D eigenvalue weighted by Crippen LogP contribution is -2.31. The van der Waals surface area contributed by atoms with E-state index in [2.05, 4.69) is 15.4 Å². The van der Waals surface area contributed by atoms with Crippen LogP contribution in [0.4, 0.5) is 9.80 Å². The van der Waals surface area contributed by atoms with Crippen LogP contribution in [0.5, 0.6) is 0 Å². The smallest absolute Gasteiger partial charge is 0.413 e. The Morgan fingerprint density at radius 2 is 1.84 bits per heavy atom. The van der Waals surface area contributed by atoms with Crippen LogP contribution in [0.15, 0.2) is 29.2 Å². The number of amides is 3. The summed E-state index contributed by atoms with van der Waals surface area (Å²) in [6.07, 6.45) is 3.52. The van der Waals surface area contributed by atoms with Gasteiger partial charge in [0.15, 0.2) is 9.84 Å². The van der Waals surface area contributed by atoms with E-state index in [-0.39, 0.29) is 21.8 Å². The lowest BCUT2D eigenvalue weighted by Gasteiger charge is -2.10. The molecule has 1 aromatic carbocycles. The maximum absolute atomic E-state index is 12.9. The van der Waals surface area contributed by atoms with Crippen LogP contribution in [0.1, 0.15) is 57.3 Å². The number of benzene rings is 1. The lowest BCUT2D eigenvalue weighted by molar-refractivity contribution is 0.0937. The van der Waals surface area contributed by atoms with Crippen molar-refractivity contribution in [2.75, 3.05) is 18.2 Å².